The molecule has 0 unspecified atom stereocenters. The number of carboxylic acid groups (broad SMARTS) is 1. The number of nitro groups is 1. The monoisotopic (exact) mass is 211 g/mol. The van der Waals surface area contributed by atoms with Crippen LogP contribution in [-0.2, 0) is 0 Å². The quantitative estimate of drug-likeness (QED) is 0.605. The van der Waals surface area contributed by atoms with Gasteiger partial charge in [-0.25, -0.2) is 4.79 Å². The summed E-state index contributed by atoms with van der Waals surface area (Å²) in [5.74, 6) is -1.15. The minimum Gasteiger partial charge on any atom is -0.490 e. The highest BCUT2D eigenvalue weighted by Crippen LogP contribution is 2.32. The summed E-state index contributed by atoms with van der Waals surface area (Å²) >= 11 is 0. The average molecular weight is 211 g/mol. The molecular formula is C9H9NO5. The molecule has 0 spiro atoms. The third kappa shape index (κ3) is 1.88. The first-order valence-corrected chi connectivity index (χ1v) is 4.04. The first-order valence-electron chi connectivity index (χ1n) is 4.04. The minimum absolute atomic E-state index is 0.00236. The van der Waals surface area contributed by atoms with Crippen LogP contribution in [0.25, 0.3) is 0 Å². The van der Waals surface area contributed by atoms with Crippen molar-refractivity contribution in [1.29, 1.82) is 0 Å². The second-order valence-corrected chi connectivity index (χ2v) is 2.85. The van der Waals surface area contributed by atoms with Gasteiger partial charge in [-0.05, 0) is 13.0 Å². The van der Waals surface area contributed by atoms with E-state index >= 15 is 0 Å². The lowest BCUT2D eigenvalue weighted by molar-refractivity contribution is -0.385. The average Bonchev–Trinajstić information content (AvgIpc) is 2.16. The Labute approximate surface area is 85.2 Å². The van der Waals surface area contributed by atoms with Crippen LogP contribution in [0.4, 0.5) is 5.69 Å². The number of nitro benzene ring substituents is 1. The highest BCUT2D eigenvalue weighted by Gasteiger charge is 2.21. The molecular weight excluding hydrogens is 202 g/mol. The third-order valence-corrected chi connectivity index (χ3v) is 2.02. The molecule has 0 amide bonds. The largest absolute Gasteiger partial charge is 0.490 e. The Morgan fingerprint density at radius 3 is 2.53 bits per heavy atom. The molecule has 0 saturated carbocycles. The van der Waals surface area contributed by atoms with E-state index in [1.54, 1.807) is 0 Å². The van der Waals surface area contributed by atoms with E-state index in [0.29, 0.717) is 0 Å². The fourth-order valence-electron chi connectivity index (χ4n) is 1.31. The van der Waals surface area contributed by atoms with Gasteiger partial charge in [0.05, 0.1) is 17.6 Å². The summed E-state index contributed by atoms with van der Waals surface area (Å²) in [5, 5.41) is 19.4. The number of carboxylic acids is 1. The maximum Gasteiger partial charge on any atom is 0.336 e. The van der Waals surface area contributed by atoms with Crippen LogP contribution < -0.4 is 4.74 Å². The van der Waals surface area contributed by atoms with Gasteiger partial charge in [-0.15, -0.1) is 0 Å². The second kappa shape index (κ2) is 3.95. The van der Waals surface area contributed by atoms with Crippen molar-refractivity contribution in [1.82, 2.24) is 0 Å². The molecule has 0 radical (unpaired) electrons. The van der Waals surface area contributed by atoms with Crippen LogP contribution in [0.5, 0.6) is 5.75 Å². The molecule has 1 N–H and O–H groups in total. The van der Waals surface area contributed by atoms with Gasteiger partial charge in [0.15, 0.2) is 0 Å². The molecule has 1 aromatic carbocycles. The van der Waals surface area contributed by atoms with Gasteiger partial charge in [-0.3, -0.25) is 10.1 Å². The highest BCUT2D eigenvalue weighted by molar-refractivity contribution is 5.91. The number of methoxy groups -OCH3 is 1. The number of ether oxygens (including phenoxy) is 1. The first kappa shape index (κ1) is 11.0. The molecule has 80 valence electrons. The van der Waals surface area contributed by atoms with Gasteiger partial charge in [0.1, 0.15) is 0 Å². The van der Waals surface area contributed by atoms with E-state index in [9.17, 15) is 14.9 Å². The second-order valence-electron chi connectivity index (χ2n) is 2.85. The Morgan fingerprint density at radius 2 is 2.13 bits per heavy atom. The molecule has 0 aliphatic rings. The molecule has 0 aliphatic heterocycles. The molecule has 0 saturated heterocycles. The van der Waals surface area contributed by atoms with E-state index in [1.165, 1.54) is 20.1 Å². The van der Waals surface area contributed by atoms with Crippen molar-refractivity contribution in [2.75, 3.05) is 7.11 Å². The van der Waals surface area contributed by atoms with Crippen molar-refractivity contribution < 1.29 is 19.6 Å². The lowest BCUT2D eigenvalue weighted by Crippen LogP contribution is -2.03. The van der Waals surface area contributed by atoms with Crippen molar-refractivity contribution in [3.63, 3.8) is 0 Å². The smallest absolute Gasteiger partial charge is 0.336 e. The van der Waals surface area contributed by atoms with Crippen LogP contribution in [0.15, 0.2) is 12.1 Å². The maximum atomic E-state index is 10.7. The van der Waals surface area contributed by atoms with E-state index in [4.69, 9.17) is 9.84 Å². The molecule has 0 bridgehead atoms. The summed E-state index contributed by atoms with van der Waals surface area (Å²) in [4.78, 5) is 20.7. The number of rotatable bonds is 3. The van der Waals surface area contributed by atoms with Crippen molar-refractivity contribution in [3.05, 3.63) is 33.4 Å². The van der Waals surface area contributed by atoms with Crippen LogP contribution in [0.3, 0.4) is 0 Å². The molecule has 0 aliphatic carbocycles. The van der Waals surface area contributed by atoms with E-state index in [-0.39, 0.29) is 22.6 Å². The van der Waals surface area contributed by atoms with E-state index in [2.05, 4.69) is 0 Å². The Morgan fingerprint density at radius 1 is 1.53 bits per heavy atom. The summed E-state index contributed by atoms with van der Waals surface area (Å²) < 4.78 is 4.82. The topological polar surface area (TPSA) is 89.7 Å². The number of hydrogen-bond donors (Lipinski definition) is 1. The zero-order chi connectivity index (χ0) is 11.6. The van der Waals surface area contributed by atoms with Crippen molar-refractivity contribution >= 4 is 11.7 Å². The lowest BCUT2D eigenvalue weighted by Gasteiger charge is -2.07. The fraction of sp³-hybridized carbons (Fsp3) is 0.222. The van der Waals surface area contributed by atoms with Gasteiger partial charge in [0.2, 0.25) is 5.75 Å². The van der Waals surface area contributed by atoms with Gasteiger partial charge in [0, 0.05) is 11.6 Å². The van der Waals surface area contributed by atoms with E-state index in [1.807, 2.05) is 0 Å². The molecule has 15 heavy (non-hydrogen) atoms. The summed E-state index contributed by atoms with van der Waals surface area (Å²) in [6, 6.07) is 2.31. The molecule has 0 atom stereocenters. The highest BCUT2D eigenvalue weighted by atomic mass is 16.6. The predicted octanol–water partition coefficient (Wildman–Crippen LogP) is 1.61. The van der Waals surface area contributed by atoms with Crippen LogP contribution in [0, 0.1) is 17.0 Å². The van der Waals surface area contributed by atoms with Gasteiger partial charge in [-0.1, -0.05) is 0 Å². The summed E-state index contributed by atoms with van der Waals surface area (Å²) in [6.45, 7) is 1.47. The number of aromatic carboxylic acids is 1. The number of nitrogens with zero attached hydrogens (tertiary/aromatic N) is 1. The lowest BCUT2D eigenvalue weighted by atomic mass is 10.1. The number of benzene rings is 1. The summed E-state index contributed by atoms with van der Waals surface area (Å²) in [6.07, 6.45) is 0. The first-order chi connectivity index (χ1) is 6.99. The van der Waals surface area contributed by atoms with Crippen molar-refractivity contribution in [3.8, 4) is 5.75 Å². The molecule has 0 fully saturated rings. The number of carbonyl (C=O) groups is 1. The molecule has 0 aromatic heterocycles. The van der Waals surface area contributed by atoms with Gasteiger partial charge < -0.3 is 9.84 Å². The predicted molar refractivity (Wildman–Crippen MR) is 51.3 cm³/mol. The van der Waals surface area contributed by atoms with Crippen LogP contribution in [0.2, 0.25) is 0 Å². The summed E-state index contributed by atoms with van der Waals surface area (Å²) in [5.41, 5.74) is 0.0108. The molecule has 1 aromatic rings. The molecule has 6 nitrogen and oxygen atoms in total. The Hall–Kier alpha value is -2.11. The van der Waals surface area contributed by atoms with E-state index < -0.39 is 10.9 Å². The molecule has 1 rings (SSSR count). The SMILES string of the molecule is COc1c([N+](=O)[O-])ccc(C(=O)O)c1C. The Kier molecular flexibility index (Phi) is 2.89. The van der Waals surface area contributed by atoms with Gasteiger partial charge >= 0.3 is 11.7 Å². The standard InChI is InChI=1S/C9H9NO5/c1-5-6(9(11)12)3-4-7(10(13)14)8(5)15-2/h3-4H,1-2H3,(H,11,12). The van der Waals surface area contributed by atoms with E-state index in [0.717, 1.165) is 6.07 Å². The van der Waals surface area contributed by atoms with Crippen molar-refractivity contribution in [2.24, 2.45) is 0 Å². The van der Waals surface area contributed by atoms with Gasteiger partial charge in [-0.2, -0.15) is 0 Å². The van der Waals surface area contributed by atoms with Crippen LogP contribution in [0.1, 0.15) is 15.9 Å². The molecule has 0 heterocycles. The molecule has 6 heteroatoms. The maximum absolute atomic E-state index is 10.7. The fourth-order valence-corrected chi connectivity index (χ4v) is 1.31. The normalized spacial score (nSPS) is 9.73. The summed E-state index contributed by atoms with van der Waals surface area (Å²) in [7, 11) is 1.26. The zero-order valence-electron chi connectivity index (χ0n) is 8.18. The Balaban J connectivity index is 3.45. The van der Waals surface area contributed by atoms with Crippen molar-refractivity contribution in [2.45, 2.75) is 6.92 Å². The third-order valence-electron chi connectivity index (χ3n) is 2.02. The zero-order valence-corrected chi connectivity index (χ0v) is 8.18. The minimum atomic E-state index is -1.14. The van der Waals surface area contributed by atoms with Gasteiger partial charge in [0.25, 0.3) is 0 Å². The number of hydrogen-bond acceptors (Lipinski definition) is 4. The Bertz CT molecular complexity index is 427. The van der Waals surface area contributed by atoms with Crippen LogP contribution in [-0.4, -0.2) is 23.1 Å². The van der Waals surface area contributed by atoms with Crippen LogP contribution >= 0.6 is 0 Å².